The fraction of sp³-hybridized carbons (Fsp3) is 0.172. The minimum atomic E-state index is -0.560. The van der Waals surface area contributed by atoms with Crippen molar-refractivity contribution in [3.05, 3.63) is 199 Å². The van der Waals surface area contributed by atoms with E-state index in [-0.39, 0.29) is 59.8 Å². The van der Waals surface area contributed by atoms with E-state index >= 15 is 0 Å². The van der Waals surface area contributed by atoms with Gasteiger partial charge in [0.1, 0.15) is 5.82 Å². The normalized spacial score (nSPS) is 14.9. The van der Waals surface area contributed by atoms with Crippen molar-refractivity contribution in [3.63, 3.8) is 0 Å². The number of ether oxygens (including phenoxy) is 1. The number of para-hydroxylation sites is 3. The van der Waals surface area contributed by atoms with Crippen LogP contribution in [-0.2, 0) is 31.9 Å². The van der Waals surface area contributed by atoms with E-state index in [1.807, 2.05) is 82.7 Å². The Morgan fingerprint density at radius 2 is 1.22 bits per heavy atom. The van der Waals surface area contributed by atoms with Gasteiger partial charge in [0.05, 0.1) is 13.7 Å². The minimum absolute atomic E-state index is 0. The molecule has 0 spiro atoms. The molecule has 0 saturated heterocycles. The molecule has 2 aromatic heterocycles. The van der Waals surface area contributed by atoms with E-state index in [1.165, 1.54) is 0 Å². The van der Waals surface area contributed by atoms with Gasteiger partial charge in [-0.15, -0.1) is 53.6 Å². The SMILES string of the molecule is [2H]c1c([2H])c([2H])c(-c2c(C)cc(C)c(-c3c([2H])c([2H])c([2H])c([2H])c3[2H])c2N2[CH-]N(c3[c-]c(Oc4[c-]c5c(cc4)c4ccccc4n5-c4cc(C(C)(C)C)ccn4)cc(C(C)(C)C)c3)c3ccccc32)c([2H])c1[2H].[Pt]. The summed E-state index contributed by atoms with van der Waals surface area (Å²) in [7, 11) is 0. The summed E-state index contributed by atoms with van der Waals surface area (Å²) >= 11 is 0. The summed E-state index contributed by atoms with van der Waals surface area (Å²) in [5.41, 5.74) is 6.79. The van der Waals surface area contributed by atoms with Crippen LogP contribution >= 0.6 is 0 Å². The molecule has 6 heteroatoms. The van der Waals surface area contributed by atoms with Crippen LogP contribution in [0.5, 0.6) is 11.5 Å². The Labute approximate surface area is 406 Å². The zero-order valence-corrected chi connectivity index (χ0v) is 39.1. The number of hydrogen-bond donors (Lipinski definition) is 0. The van der Waals surface area contributed by atoms with Crippen LogP contribution < -0.4 is 14.5 Å². The maximum atomic E-state index is 9.23. The van der Waals surface area contributed by atoms with Crippen LogP contribution in [0.1, 0.15) is 77.5 Å². The van der Waals surface area contributed by atoms with Crippen molar-refractivity contribution in [1.29, 1.82) is 0 Å². The van der Waals surface area contributed by atoms with E-state index in [0.717, 1.165) is 38.8 Å². The first-order valence-electron chi connectivity index (χ1n) is 26.0. The fourth-order valence-corrected chi connectivity index (χ4v) is 8.51. The van der Waals surface area contributed by atoms with Crippen LogP contribution in [0.2, 0.25) is 0 Å². The third-order valence-electron chi connectivity index (χ3n) is 11.6. The van der Waals surface area contributed by atoms with Crippen LogP contribution in [-0.4, -0.2) is 9.55 Å². The van der Waals surface area contributed by atoms with Crippen LogP contribution in [0.25, 0.3) is 49.9 Å². The van der Waals surface area contributed by atoms with Crippen molar-refractivity contribution in [1.82, 2.24) is 9.55 Å². The monoisotopic (exact) mass is 1020 g/mol. The molecule has 0 N–H and O–H groups in total. The Kier molecular flexibility index (Phi) is 8.37. The maximum absolute atomic E-state index is 9.23. The molecule has 1 aliphatic rings. The molecule has 0 unspecified atom stereocenters. The average Bonchev–Trinajstić information content (AvgIpc) is 3.90. The van der Waals surface area contributed by atoms with Crippen molar-refractivity contribution >= 4 is 44.6 Å². The Bertz CT molecular complexity index is 3630. The Hall–Kier alpha value is -6.42. The summed E-state index contributed by atoms with van der Waals surface area (Å²) in [4.78, 5) is 8.57. The maximum Gasteiger partial charge on any atom is 0.135 e. The van der Waals surface area contributed by atoms with Gasteiger partial charge in [-0.1, -0.05) is 144 Å². The van der Waals surface area contributed by atoms with Gasteiger partial charge in [-0.2, -0.15) is 6.07 Å². The molecule has 9 aromatic rings. The van der Waals surface area contributed by atoms with Gasteiger partial charge in [-0.05, 0) is 88.2 Å². The van der Waals surface area contributed by atoms with Crippen LogP contribution in [0.4, 0.5) is 22.7 Å². The summed E-state index contributed by atoms with van der Waals surface area (Å²) in [6.07, 6.45) is 1.84. The second-order valence-corrected chi connectivity index (χ2v) is 18.0. The fourth-order valence-electron chi connectivity index (χ4n) is 8.51. The number of aryl methyl sites for hydroxylation is 2. The molecule has 0 saturated carbocycles. The van der Waals surface area contributed by atoms with E-state index in [2.05, 4.69) is 76.4 Å². The molecule has 5 nitrogen and oxygen atoms in total. The van der Waals surface area contributed by atoms with E-state index < -0.39 is 60.4 Å². The number of fused-ring (bicyclic) bond motifs is 4. The Morgan fingerprint density at radius 1 is 0.609 bits per heavy atom. The van der Waals surface area contributed by atoms with E-state index in [9.17, 15) is 5.48 Å². The predicted molar refractivity (Wildman–Crippen MR) is 262 cm³/mol. The molecule has 0 bridgehead atoms. The van der Waals surface area contributed by atoms with Gasteiger partial charge < -0.3 is 19.1 Å². The summed E-state index contributed by atoms with van der Waals surface area (Å²) in [5, 5.41) is 2.03. The first kappa shape index (κ1) is 32.3. The Balaban J connectivity index is 0.00000672. The molecule has 1 aliphatic heterocycles. The van der Waals surface area contributed by atoms with Crippen LogP contribution in [0.3, 0.4) is 0 Å². The smallest absolute Gasteiger partial charge is 0.135 e. The average molecular weight is 1030 g/mol. The predicted octanol–water partition coefficient (Wildman–Crippen LogP) is 15.5. The molecule has 3 heterocycles. The summed E-state index contributed by atoms with van der Waals surface area (Å²) in [5.74, 6) is 1.62. The van der Waals surface area contributed by atoms with Crippen molar-refractivity contribution in [2.45, 2.75) is 66.2 Å². The van der Waals surface area contributed by atoms with Gasteiger partial charge >= 0.3 is 0 Å². The summed E-state index contributed by atoms with van der Waals surface area (Å²) in [6.45, 7) is 18.2. The number of nitrogens with zero attached hydrogens (tertiary/aromatic N) is 4. The molecular formula is C58H51N4OPt-3. The summed E-state index contributed by atoms with van der Waals surface area (Å²) < 4.78 is 97.7. The molecule has 322 valence electrons. The number of anilines is 4. The molecule has 7 aromatic carbocycles. The van der Waals surface area contributed by atoms with Gasteiger partial charge in [0, 0.05) is 72.5 Å². The molecule has 0 fully saturated rings. The molecule has 0 atom stereocenters. The first-order chi connectivity index (χ1) is 34.5. The number of aromatic nitrogens is 2. The van der Waals surface area contributed by atoms with Crippen LogP contribution in [0, 0.1) is 32.6 Å². The Morgan fingerprint density at radius 3 is 1.86 bits per heavy atom. The van der Waals surface area contributed by atoms with Crippen molar-refractivity contribution < 1.29 is 39.5 Å². The van der Waals surface area contributed by atoms with Crippen molar-refractivity contribution in [2.24, 2.45) is 0 Å². The largest absolute Gasteiger partial charge is 0.509 e. The van der Waals surface area contributed by atoms with Gasteiger partial charge in [0.25, 0.3) is 0 Å². The molecular weight excluding hydrogens is 964 g/mol. The second kappa shape index (κ2) is 16.6. The number of rotatable bonds is 7. The standard InChI is InChI=1S/C58H51N4O.Pt/c1-38-31-39(2)55(41-21-13-10-14-22-41)56(54(38)40-19-11-9-12-20-40)61-37-60(50-25-17-18-26-51(50)61)44-32-43(58(6,7)8)33-46(35-44)63-45-27-28-48-47-23-15-16-24-49(47)62(52(48)36-45)53-34-42(29-30-59-53)57(3,4)5;/h9-34,37H,1-8H3;/q-3;/i9D,10D,11D,12D,13D,14D,19D,20D,21D,22D;. The van der Waals surface area contributed by atoms with E-state index in [0.29, 0.717) is 39.7 Å². The quantitative estimate of drug-likeness (QED) is 0.149. The third kappa shape index (κ3) is 7.71. The molecule has 0 aliphatic carbocycles. The third-order valence-corrected chi connectivity index (χ3v) is 11.6. The molecule has 0 radical (unpaired) electrons. The first-order valence-corrected chi connectivity index (χ1v) is 21.0. The molecule has 64 heavy (non-hydrogen) atoms. The molecule has 0 amide bonds. The number of hydrogen-bond acceptors (Lipinski definition) is 4. The molecule has 10 rings (SSSR count). The number of benzene rings is 7. The number of pyridine rings is 1. The zero-order chi connectivity index (χ0) is 52.3. The van der Waals surface area contributed by atoms with Crippen LogP contribution in [0.15, 0.2) is 158 Å². The minimum Gasteiger partial charge on any atom is -0.509 e. The topological polar surface area (TPSA) is 33.5 Å². The van der Waals surface area contributed by atoms with Crippen molar-refractivity contribution in [2.75, 3.05) is 9.80 Å². The van der Waals surface area contributed by atoms with Gasteiger partial charge in [0.2, 0.25) is 0 Å². The van der Waals surface area contributed by atoms with Gasteiger partial charge in [-0.3, -0.25) is 0 Å². The second-order valence-electron chi connectivity index (χ2n) is 18.0. The van der Waals surface area contributed by atoms with Gasteiger partial charge in [0.15, 0.2) is 0 Å². The zero-order valence-electron chi connectivity index (χ0n) is 46.8. The van der Waals surface area contributed by atoms with E-state index in [1.54, 1.807) is 26.6 Å². The summed E-state index contributed by atoms with van der Waals surface area (Å²) in [6, 6.07) is 31.6. The van der Waals surface area contributed by atoms with Gasteiger partial charge in [-0.25, -0.2) is 4.98 Å². The van der Waals surface area contributed by atoms with E-state index in [4.69, 9.17) is 17.9 Å². The van der Waals surface area contributed by atoms with Crippen molar-refractivity contribution in [3.8, 4) is 39.6 Å².